The summed E-state index contributed by atoms with van der Waals surface area (Å²) >= 11 is 0. The molecular weight excluding hydrogens is 388 g/mol. The van der Waals surface area contributed by atoms with Crippen molar-refractivity contribution in [3.05, 3.63) is 29.8 Å². The molecule has 2 N–H and O–H groups in total. The van der Waals surface area contributed by atoms with Crippen LogP contribution in [0.5, 0.6) is 5.75 Å². The lowest BCUT2D eigenvalue weighted by molar-refractivity contribution is 0.0431. The number of para-hydroxylation sites is 1. The molecule has 1 aromatic rings. The molecule has 1 atom stereocenters. The molecule has 0 aliphatic carbocycles. The van der Waals surface area contributed by atoms with Gasteiger partial charge in [0.1, 0.15) is 5.75 Å². The molecule has 3 rings (SSSR count). The average Bonchev–Trinajstić information content (AvgIpc) is 2.75. The first-order chi connectivity index (χ1) is 13.7. The van der Waals surface area contributed by atoms with Gasteiger partial charge in [-0.25, -0.2) is 0 Å². The monoisotopic (exact) mass is 428 g/mol. The third-order valence-corrected chi connectivity index (χ3v) is 5.79. The zero-order valence-corrected chi connectivity index (χ0v) is 19.1. The molecule has 6 heteroatoms. The fourth-order valence-electron chi connectivity index (χ4n) is 4.37. The number of hydrogen-bond donors (Lipinski definition) is 2. The molecule has 29 heavy (non-hydrogen) atoms. The molecule has 0 amide bonds. The summed E-state index contributed by atoms with van der Waals surface area (Å²) in [6.45, 7) is 8.60. The van der Waals surface area contributed by atoms with Crippen LogP contribution in [0.15, 0.2) is 24.3 Å². The second kappa shape index (κ2) is 15.0. The van der Waals surface area contributed by atoms with Crippen molar-refractivity contribution >= 4 is 12.4 Å². The highest BCUT2D eigenvalue weighted by molar-refractivity contribution is 5.85. The number of aliphatic hydroxyl groups excluding tert-OH is 2. The lowest BCUT2D eigenvalue weighted by Crippen LogP contribution is -2.43. The molecule has 2 heterocycles. The van der Waals surface area contributed by atoms with Gasteiger partial charge in [-0.2, -0.15) is 0 Å². The molecule has 0 aromatic heterocycles. The van der Waals surface area contributed by atoms with Gasteiger partial charge in [0.25, 0.3) is 0 Å². The smallest absolute Gasteiger partial charge is 0.124 e. The van der Waals surface area contributed by atoms with Crippen molar-refractivity contribution in [3.8, 4) is 5.75 Å². The fourth-order valence-corrected chi connectivity index (χ4v) is 4.37. The molecule has 5 nitrogen and oxygen atoms in total. The Hall–Kier alpha value is -0.850. The molecule has 0 radical (unpaired) electrons. The Morgan fingerprint density at radius 1 is 0.897 bits per heavy atom. The van der Waals surface area contributed by atoms with Crippen molar-refractivity contribution in [2.24, 2.45) is 5.92 Å². The van der Waals surface area contributed by atoms with Gasteiger partial charge in [0, 0.05) is 31.2 Å². The number of rotatable bonds is 7. The number of likely N-dealkylation sites (tertiary alicyclic amines) is 2. The minimum Gasteiger partial charge on any atom is -0.496 e. The Balaban J connectivity index is 0.000000990. The van der Waals surface area contributed by atoms with Crippen LogP contribution in [-0.2, 0) is 0 Å². The van der Waals surface area contributed by atoms with Gasteiger partial charge < -0.3 is 24.7 Å². The molecule has 1 unspecified atom stereocenters. The van der Waals surface area contributed by atoms with Gasteiger partial charge in [0.15, 0.2) is 0 Å². The molecule has 1 aromatic carbocycles. The van der Waals surface area contributed by atoms with E-state index >= 15 is 0 Å². The van der Waals surface area contributed by atoms with E-state index in [1.807, 2.05) is 24.3 Å². The summed E-state index contributed by atoms with van der Waals surface area (Å²) in [7, 11) is 1.69. The summed E-state index contributed by atoms with van der Waals surface area (Å²) in [4.78, 5) is 5.10. The number of halogens is 1. The van der Waals surface area contributed by atoms with E-state index < -0.39 is 6.10 Å². The predicted molar refractivity (Wildman–Crippen MR) is 122 cm³/mol. The summed E-state index contributed by atoms with van der Waals surface area (Å²) < 4.78 is 5.51. The van der Waals surface area contributed by atoms with Crippen molar-refractivity contribution in [1.82, 2.24) is 9.80 Å². The van der Waals surface area contributed by atoms with Crippen LogP contribution in [0.2, 0.25) is 0 Å². The van der Waals surface area contributed by atoms with Crippen molar-refractivity contribution in [1.29, 1.82) is 0 Å². The van der Waals surface area contributed by atoms with Crippen LogP contribution in [-0.4, -0.2) is 73.0 Å². The normalized spacial score (nSPS) is 19.1. The Labute approximate surface area is 183 Å². The van der Waals surface area contributed by atoms with Crippen LogP contribution < -0.4 is 4.74 Å². The molecular formula is C23H41ClN2O3. The number of hydrogen-bond acceptors (Lipinski definition) is 5. The highest BCUT2D eigenvalue weighted by atomic mass is 35.5. The summed E-state index contributed by atoms with van der Waals surface area (Å²) in [5.41, 5.74) is 0.934. The van der Waals surface area contributed by atoms with E-state index in [4.69, 9.17) is 9.84 Å². The van der Waals surface area contributed by atoms with E-state index in [0.29, 0.717) is 0 Å². The SMILES string of the molecule is CCO.COc1ccccc1C(O)C(CN1CCCCC1)CN1CCCCC1.Cl. The minimum absolute atomic E-state index is 0. The zero-order chi connectivity index (χ0) is 20.2. The molecule has 2 saturated heterocycles. The lowest BCUT2D eigenvalue weighted by atomic mass is 9.92. The van der Waals surface area contributed by atoms with Gasteiger partial charge >= 0.3 is 0 Å². The maximum absolute atomic E-state index is 11.2. The predicted octanol–water partition coefficient (Wildman–Crippen LogP) is 3.74. The lowest BCUT2D eigenvalue weighted by Gasteiger charge is -2.37. The summed E-state index contributed by atoms with van der Waals surface area (Å²) in [6.07, 6.45) is 7.40. The molecule has 0 saturated carbocycles. The third-order valence-electron chi connectivity index (χ3n) is 5.79. The number of piperidine rings is 2. The first-order valence-electron chi connectivity index (χ1n) is 11.1. The van der Waals surface area contributed by atoms with E-state index in [1.165, 1.54) is 64.7 Å². The van der Waals surface area contributed by atoms with E-state index in [1.54, 1.807) is 14.0 Å². The summed E-state index contributed by atoms with van der Waals surface area (Å²) in [5.74, 6) is 1.03. The molecule has 168 valence electrons. The van der Waals surface area contributed by atoms with Crippen LogP contribution in [0.1, 0.15) is 57.1 Å². The summed E-state index contributed by atoms with van der Waals surface area (Å²) in [5, 5.41) is 18.8. The van der Waals surface area contributed by atoms with Crippen LogP contribution >= 0.6 is 12.4 Å². The van der Waals surface area contributed by atoms with Gasteiger partial charge in [-0.15, -0.1) is 12.4 Å². The number of aliphatic hydroxyl groups is 2. The Morgan fingerprint density at radius 3 is 1.79 bits per heavy atom. The first-order valence-corrected chi connectivity index (χ1v) is 11.1. The molecule has 2 fully saturated rings. The van der Waals surface area contributed by atoms with Gasteiger partial charge in [-0.1, -0.05) is 31.0 Å². The summed E-state index contributed by atoms with van der Waals surface area (Å²) in [6, 6.07) is 7.94. The van der Waals surface area contributed by atoms with Crippen molar-refractivity contribution < 1.29 is 14.9 Å². The van der Waals surface area contributed by atoms with Gasteiger partial charge in [-0.3, -0.25) is 0 Å². The van der Waals surface area contributed by atoms with Gasteiger partial charge in [-0.05, 0) is 64.9 Å². The molecule has 2 aliphatic rings. The second-order valence-electron chi connectivity index (χ2n) is 7.99. The van der Waals surface area contributed by atoms with Crippen molar-refractivity contribution in [2.75, 3.05) is 53.0 Å². The van der Waals surface area contributed by atoms with E-state index in [9.17, 15) is 5.11 Å². The van der Waals surface area contributed by atoms with E-state index in [-0.39, 0.29) is 24.9 Å². The first kappa shape index (κ1) is 26.2. The van der Waals surface area contributed by atoms with Gasteiger partial charge in [0.2, 0.25) is 0 Å². The number of ether oxygens (including phenoxy) is 1. The van der Waals surface area contributed by atoms with Crippen molar-refractivity contribution in [2.45, 2.75) is 51.6 Å². The highest BCUT2D eigenvalue weighted by Gasteiger charge is 2.28. The van der Waals surface area contributed by atoms with Crippen LogP contribution in [0.3, 0.4) is 0 Å². The van der Waals surface area contributed by atoms with Crippen LogP contribution in [0, 0.1) is 5.92 Å². The standard InChI is InChI=1S/C21H34N2O2.C2H6O.ClH/c1-25-20-11-5-4-10-19(20)21(24)18(16-22-12-6-2-7-13-22)17-23-14-8-3-9-15-23;1-2-3;/h4-5,10-11,18,21,24H,2-3,6-9,12-17H2,1H3;3H,2H2,1H3;1H. The molecule has 0 bridgehead atoms. The largest absolute Gasteiger partial charge is 0.496 e. The Bertz CT molecular complexity index is 515. The highest BCUT2D eigenvalue weighted by Crippen LogP contribution is 2.32. The van der Waals surface area contributed by atoms with Crippen LogP contribution in [0.25, 0.3) is 0 Å². The van der Waals surface area contributed by atoms with E-state index in [2.05, 4.69) is 9.80 Å². The maximum Gasteiger partial charge on any atom is 0.124 e. The number of benzene rings is 1. The minimum atomic E-state index is -0.472. The van der Waals surface area contributed by atoms with Crippen molar-refractivity contribution in [3.63, 3.8) is 0 Å². The molecule has 2 aliphatic heterocycles. The third kappa shape index (κ3) is 8.81. The fraction of sp³-hybridized carbons (Fsp3) is 0.739. The average molecular weight is 429 g/mol. The second-order valence-corrected chi connectivity index (χ2v) is 7.99. The van der Waals surface area contributed by atoms with Crippen LogP contribution in [0.4, 0.5) is 0 Å². The van der Waals surface area contributed by atoms with E-state index in [0.717, 1.165) is 24.4 Å². The number of methoxy groups -OCH3 is 1. The maximum atomic E-state index is 11.2. The zero-order valence-electron chi connectivity index (χ0n) is 18.3. The topological polar surface area (TPSA) is 56.2 Å². The Morgan fingerprint density at radius 2 is 1.34 bits per heavy atom. The van der Waals surface area contributed by atoms with Gasteiger partial charge in [0.05, 0.1) is 13.2 Å². The number of nitrogens with zero attached hydrogens (tertiary/aromatic N) is 2. The molecule has 0 spiro atoms. The Kier molecular flexibility index (Phi) is 13.6. The quantitative estimate of drug-likeness (QED) is 0.692.